The number of ether oxygens (including phenoxy) is 1. The fraction of sp³-hybridized carbons (Fsp3) is 0.316. The Morgan fingerprint density at radius 1 is 1.12 bits per heavy atom. The van der Waals surface area contributed by atoms with Gasteiger partial charge in [-0.25, -0.2) is 0 Å². The van der Waals surface area contributed by atoms with Gasteiger partial charge in [-0.05, 0) is 43.0 Å². The molecule has 2 aromatic rings. The third-order valence-corrected chi connectivity index (χ3v) is 3.92. The zero-order valence-corrected chi connectivity index (χ0v) is 14.8. The number of amides is 1. The first kappa shape index (κ1) is 18.4. The third-order valence-electron chi connectivity index (χ3n) is 3.92. The number of carbonyl (C=O) groups is 1. The molecule has 0 aliphatic rings. The third kappa shape index (κ3) is 4.79. The Bertz CT molecular complexity index is 769. The van der Waals surface area contributed by atoms with E-state index in [-0.39, 0.29) is 11.6 Å². The molecule has 0 saturated carbocycles. The summed E-state index contributed by atoms with van der Waals surface area (Å²) in [6.07, 6.45) is -0.733. The van der Waals surface area contributed by atoms with Gasteiger partial charge in [-0.3, -0.25) is 14.9 Å². The van der Waals surface area contributed by atoms with E-state index in [1.807, 2.05) is 24.3 Å². The molecule has 1 amide bonds. The molecule has 0 aliphatic heterocycles. The number of nitrogens with zero attached hydrogens (tertiary/aromatic N) is 1. The Kier molecular flexibility index (Phi) is 5.75. The standard InChI is InChI=1S/C19H22N2O4/c1-12(2)15-6-9-17(10-7-15)25-14(4)19(22)20-18-11-16(21(23)24)8-5-13(18)3/h5-12,14H,1-4H3,(H,20,22)/t14-/m1/s1. The zero-order chi connectivity index (χ0) is 18.6. The van der Waals surface area contributed by atoms with E-state index < -0.39 is 11.0 Å². The molecule has 0 aliphatic carbocycles. The van der Waals surface area contributed by atoms with Gasteiger partial charge < -0.3 is 10.1 Å². The quantitative estimate of drug-likeness (QED) is 0.622. The molecule has 0 bridgehead atoms. The lowest BCUT2D eigenvalue weighted by Gasteiger charge is -2.16. The van der Waals surface area contributed by atoms with E-state index in [9.17, 15) is 14.9 Å². The van der Waals surface area contributed by atoms with Gasteiger partial charge in [0.2, 0.25) is 0 Å². The van der Waals surface area contributed by atoms with E-state index in [2.05, 4.69) is 19.2 Å². The number of nitro benzene ring substituents is 1. The van der Waals surface area contributed by atoms with Crippen molar-refractivity contribution in [2.75, 3.05) is 5.32 Å². The van der Waals surface area contributed by atoms with E-state index in [1.54, 1.807) is 19.9 Å². The molecule has 0 fully saturated rings. The fourth-order valence-corrected chi connectivity index (χ4v) is 2.28. The van der Waals surface area contributed by atoms with Crippen LogP contribution in [0.25, 0.3) is 0 Å². The SMILES string of the molecule is Cc1ccc([N+](=O)[O-])cc1NC(=O)[C@@H](C)Oc1ccc(C(C)C)cc1. The van der Waals surface area contributed by atoms with Crippen molar-refractivity contribution in [2.45, 2.75) is 39.7 Å². The van der Waals surface area contributed by atoms with Gasteiger partial charge >= 0.3 is 0 Å². The smallest absolute Gasteiger partial charge is 0.271 e. The average molecular weight is 342 g/mol. The second kappa shape index (κ2) is 7.79. The molecule has 0 heterocycles. The largest absolute Gasteiger partial charge is 0.481 e. The fourth-order valence-electron chi connectivity index (χ4n) is 2.28. The summed E-state index contributed by atoms with van der Waals surface area (Å²) < 4.78 is 5.65. The number of non-ortho nitro benzene ring substituents is 1. The van der Waals surface area contributed by atoms with Crippen LogP contribution in [0.1, 0.15) is 37.8 Å². The summed E-state index contributed by atoms with van der Waals surface area (Å²) in [6.45, 7) is 7.62. The van der Waals surface area contributed by atoms with Crippen molar-refractivity contribution >= 4 is 17.3 Å². The number of nitro groups is 1. The minimum absolute atomic E-state index is 0.0706. The summed E-state index contributed by atoms with van der Waals surface area (Å²) >= 11 is 0. The number of nitrogens with one attached hydrogen (secondary N) is 1. The molecule has 1 N–H and O–H groups in total. The van der Waals surface area contributed by atoms with Gasteiger partial charge in [-0.15, -0.1) is 0 Å². The van der Waals surface area contributed by atoms with Crippen molar-refractivity contribution in [2.24, 2.45) is 0 Å². The van der Waals surface area contributed by atoms with Crippen LogP contribution in [0.4, 0.5) is 11.4 Å². The highest BCUT2D eigenvalue weighted by molar-refractivity contribution is 5.95. The molecule has 6 heteroatoms. The van der Waals surface area contributed by atoms with Crippen LogP contribution in [-0.4, -0.2) is 16.9 Å². The molecule has 0 radical (unpaired) electrons. The van der Waals surface area contributed by atoms with E-state index in [4.69, 9.17) is 4.74 Å². The summed E-state index contributed by atoms with van der Waals surface area (Å²) in [6, 6.07) is 11.9. The molecule has 0 aromatic heterocycles. The molecule has 6 nitrogen and oxygen atoms in total. The number of benzene rings is 2. The molecule has 2 rings (SSSR count). The Morgan fingerprint density at radius 2 is 1.76 bits per heavy atom. The van der Waals surface area contributed by atoms with Gasteiger partial charge in [0.15, 0.2) is 6.10 Å². The molecule has 0 saturated heterocycles. The van der Waals surface area contributed by atoms with Crippen LogP contribution >= 0.6 is 0 Å². The predicted octanol–water partition coefficient (Wildman–Crippen LogP) is 4.43. The number of anilines is 1. The van der Waals surface area contributed by atoms with E-state index in [1.165, 1.54) is 17.7 Å². The summed E-state index contributed by atoms with van der Waals surface area (Å²) in [5.41, 5.74) is 2.27. The van der Waals surface area contributed by atoms with Gasteiger partial charge in [0.25, 0.3) is 11.6 Å². The lowest BCUT2D eigenvalue weighted by molar-refractivity contribution is -0.384. The molecule has 1 atom stereocenters. The van der Waals surface area contributed by atoms with Gasteiger partial charge in [0.05, 0.1) is 10.6 Å². The number of rotatable bonds is 6. The normalized spacial score (nSPS) is 11.9. The van der Waals surface area contributed by atoms with E-state index in [0.29, 0.717) is 17.4 Å². The molecular formula is C19H22N2O4. The zero-order valence-electron chi connectivity index (χ0n) is 14.8. The molecule has 0 spiro atoms. The van der Waals surface area contributed by atoms with E-state index in [0.717, 1.165) is 5.56 Å². The highest BCUT2D eigenvalue weighted by atomic mass is 16.6. The first-order valence-electron chi connectivity index (χ1n) is 8.10. The van der Waals surface area contributed by atoms with Crippen molar-refractivity contribution in [3.05, 3.63) is 63.7 Å². The summed E-state index contributed by atoms with van der Waals surface area (Å²) in [5, 5.41) is 13.6. The maximum absolute atomic E-state index is 12.3. The summed E-state index contributed by atoms with van der Waals surface area (Å²) in [4.78, 5) is 22.7. The van der Waals surface area contributed by atoms with Crippen LogP contribution in [0.2, 0.25) is 0 Å². The van der Waals surface area contributed by atoms with Crippen LogP contribution in [-0.2, 0) is 4.79 Å². The minimum Gasteiger partial charge on any atom is -0.481 e. The van der Waals surface area contributed by atoms with E-state index >= 15 is 0 Å². The van der Waals surface area contributed by atoms with Gasteiger partial charge in [0.1, 0.15) is 5.75 Å². The number of hydrogen-bond donors (Lipinski definition) is 1. The van der Waals surface area contributed by atoms with Crippen molar-refractivity contribution < 1.29 is 14.5 Å². The predicted molar refractivity (Wildman–Crippen MR) is 97.1 cm³/mol. The second-order valence-corrected chi connectivity index (χ2v) is 6.23. The van der Waals surface area contributed by atoms with Crippen LogP contribution in [0.15, 0.2) is 42.5 Å². The van der Waals surface area contributed by atoms with Gasteiger partial charge in [0, 0.05) is 12.1 Å². The van der Waals surface area contributed by atoms with Crippen molar-refractivity contribution in [3.63, 3.8) is 0 Å². The maximum Gasteiger partial charge on any atom is 0.271 e. The minimum atomic E-state index is -0.733. The number of aryl methyl sites for hydroxylation is 1. The van der Waals surface area contributed by atoms with Gasteiger partial charge in [-0.1, -0.05) is 32.0 Å². The summed E-state index contributed by atoms with van der Waals surface area (Å²) in [7, 11) is 0. The summed E-state index contributed by atoms with van der Waals surface area (Å²) in [5.74, 6) is 0.658. The highest BCUT2D eigenvalue weighted by Crippen LogP contribution is 2.23. The Morgan fingerprint density at radius 3 is 2.32 bits per heavy atom. The Labute approximate surface area is 147 Å². The molecular weight excluding hydrogens is 320 g/mol. The van der Waals surface area contributed by atoms with Crippen molar-refractivity contribution in [1.29, 1.82) is 0 Å². The number of hydrogen-bond acceptors (Lipinski definition) is 4. The maximum atomic E-state index is 12.3. The van der Waals surface area contributed by atoms with Crippen LogP contribution in [0.3, 0.4) is 0 Å². The highest BCUT2D eigenvalue weighted by Gasteiger charge is 2.17. The van der Waals surface area contributed by atoms with Crippen LogP contribution < -0.4 is 10.1 Å². The average Bonchev–Trinajstić information content (AvgIpc) is 2.57. The molecule has 25 heavy (non-hydrogen) atoms. The first-order valence-corrected chi connectivity index (χ1v) is 8.10. The monoisotopic (exact) mass is 342 g/mol. The lowest BCUT2D eigenvalue weighted by Crippen LogP contribution is -2.30. The Balaban J connectivity index is 2.05. The van der Waals surface area contributed by atoms with Crippen LogP contribution in [0, 0.1) is 17.0 Å². The Hall–Kier alpha value is -2.89. The molecule has 2 aromatic carbocycles. The first-order chi connectivity index (χ1) is 11.8. The number of carbonyl (C=O) groups excluding carboxylic acids is 1. The van der Waals surface area contributed by atoms with Gasteiger partial charge in [-0.2, -0.15) is 0 Å². The second-order valence-electron chi connectivity index (χ2n) is 6.23. The topological polar surface area (TPSA) is 81.5 Å². The molecule has 132 valence electrons. The van der Waals surface area contributed by atoms with Crippen molar-refractivity contribution in [1.82, 2.24) is 0 Å². The van der Waals surface area contributed by atoms with Crippen molar-refractivity contribution in [3.8, 4) is 5.75 Å². The lowest BCUT2D eigenvalue weighted by atomic mass is 10.0. The molecule has 0 unspecified atom stereocenters. The van der Waals surface area contributed by atoms with Crippen LogP contribution in [0.5, 0.6) is 5.75 Å².